The van der Waals surface area contributed by atoms with Crippen molar-refractivity contribution < 1.29 is 5.11 Å². The molecular formula is C15H17N3OS. The fourth-order valence-corrected chi connectivity index (χ4v) is 2.97. The Kier molecular flexibility index (Phi) is 3.56. The zero-order valence-corrected chi connectivity index (χ0v) is 12.1. The number of thiophene rings is 1. The molecule has 3 aromatic rings. The van der Waals surface area contributed by atoms with Crippen molar-refractivity contribution in [3.05, 3.63) is 58.7 Å². The summed E-state index contributed by atoms with van der Waals surface area (Å²) in [6, 6.07) is 9.84. The lowest BCUT2D eigenvalue weighted by molar-refractivity contribution is 0.0604. The van der Waals surface area contributed by atoms with Crippen LogP contribution in [0, 0.1) is 0 Å². The zero-order chi connectivity index (χ0) is 14.0. The molecule has 0 aliphatic carbocycles. The molecule has 0 aromatic carbocycles. The van der Waals surface area contributed by atoms with Crippen molar-refractivity contribution in [2.75, 3.05) is 6.54 Å². The van der Waals surface area contributed by atoms with Crippen LogP contribution in [0.5, 0.6) is 0 Å². The highest BCUT2D eigenvalue weighted by atomic mass is 32.1. The van der Waals surface area contributed by atoms with Crippen LogP contribution in [-0.2, 0) is 12.1 Å². The Labute approximate surface area is 121 Å². The molecule has 3 aromatic heterocycles. The van der Waals surface area contributed by atoms with Crippen LogP contribution in [0.1, 0.15) is 17.5 Å². The van der Waals surface area contributed by atoms with Crippen LogP contribution in [0.2, 0.25) is 0 Å². The van der Waals surface area contributed by atoms with Crippen molar-refractivity contribution in [1.29, 1.82) is 0 Å². The summed E-state index contributed by atoms with van der Waals surface area (Å²) in [4.78, 5) is 5.49. The minimum absolute atomic E-state index is 0.501. The molecule has 3 rings (SSSR count). The van der Waals surface area contributed by atoms with Gasteiger partial charge in [0.05, 0.1) is 5.69 Å². The van der Waals surface area contributed by atoms with Gasteiger partial charge in [0.2, 0.25) is 0 Å². The van der Waals surface area contributed by atoms with Gasteiger partial charge in [0.15, 0.2) is 0 Å². The van der Waals surface area contributed by atoms with Gasteiger partial charge in [-0.3, -0.25) is 0 Å². The molecule has 0 saturated carbocycles. The topological polar surface area (TPSA) is 49.6 Å². The predicted molar refractivity (Wildman–Crippen MR) is 80.8 cm³/mol. The second-order valence-electron chi connectivity index (χ2n) is 5.05. The summed E-state index contributed by atoms with van der Waals surface area (Å²) < 4.78 is 1.99. The minimum Gasteiger partial charge on any atom is -0.383 e. The summed E-state index contributed by atoms with van der Waals surface area (Å²) in [5.41, 5.74) is 1.07. The van der Waals surface area contributed by atoms with Crippen molar-refractivity contribution in [1.82, 2.24) is 14.7 Å². The van der Waals surface area contributed by atoms with E-state index in [0.717, 1.165) is 16.2 Å². The van der Waals surface area contributed by atoms with Gasteiger partial charge in [0, 0.05) is 30.4 Å². The van der Waals surface area contributed by atoms with Crippen LogP contribution >= 0.6 is 11.3 Å². The lowest BCUT2D eigenvalue weighted by Gasteiger charge is -2.22. The first-order chi connectivity index (χ1) is 9.65. The lowest BCUT2D eigenvalue weighted by Crippen LogP contribution is -2.34. The molecule has 0 fully saturated rings. The average Bonchev–Trinajstić information content (AvgIpc) is 3.07. The first-order valence-corrected chi connectivity index (χ1v) is 7.43. The van der Waals surface area contributed by atoms with Crippen molar-refractivity contribution in [3.63, 3.8) is 0 Å². The SMILES string of the molecule is CC(O)(CNCc1cn2ccccc2n1)c1cccs1. The molecular weight excluding hydrogens is 270 g/mol. The summed E-state index contributed by atoms with van der Waals surface area (Å²) in [7, 11) is 0. The highest BCUT2D eigenvalue weighted by Crippen LogP contribution is 2.24. The van der Waals surface area contributed by atoms with Gasteiger partial charge in [-0.15, -0.1) is 11.3 Å². The molecule has 0 amide bonds. The first kappa shape index (κ1) is 13.3. The summed E-state index contributed by atoms with van der Waals surface area (Å²) >= 11 is 1.57. The highest BCUT2D eigenvalue weighted by Gasteiger charge is 2.23. The van der Waals surface area contributed by atoms with E-state index in [0.29, 0.717) is 13.1 Å². The molecule has 104 valence electrons. The molecule has 0 aliphatic rings. The van der Waals surface area contributed by atoms with Gasteiger partial charge in [0.25, 0.3) is 0 Å². The third kappa shape index (κ3) is 2.75. The Morgan fingerprint density at radius 2 is 2.25 bits per heavy atom. The molecule has 0 aliphatic heterocycles. The number of imidazole rings is 1. The van der Waals surface area contributed by atoms with Gasteiger partial charge in [-0.05, 0) is 30.5 Å². The summed E-state index contributed by atoms with van der Waals surface area (Å²) in [5.74, 6) is 0. The average molecular weight is 287 g/mol. The van der Waals surface area contributed by atoms with Gasteiger partial charge in [-0.25, -0.2) is 4.98 Å². The number of hydrogen-bond acceptors (Lipinski definition) is 4. The fourth-order valence-electron chi connectivity index (χ4n) is 2.18. The van der Waals surface area contributed by atoms with E-state index in [-0.39, 0.29) is 0 Å². The van der Waals surface area contributed by atoms with Crippen molar-refractivity contribution in [2.24, 2.45) is 0 Å². The number of hydrogen-bond donors (Lipinski definition) is 2. The highest BCUT2D eigenvalue weighted by molar-refractivity contribution is 7.10. The van der Waals surface area contributed by atoms with Crippen LogP contribution in [0.15, 0.2) is 48.1 Å². The predicted octanol–water partition coefficient (Wildman–Crippen LogP) is 2.39. The Morgan fingerprint density at radius 3 is 3.00 bits per heavy atom. The van der Waals surface area contributed by atoms with Crippen LogP contribution in [0.4, 0.5) is 0 Å². The van der Waals surface area contributed by atoms with E-state index < -0.39 is 5.60 Å². The normalized spacial score (nSPS) is 14.5. The number of nitrogens with one attached hydrogen (secondary N) is 1. The van der Waals surface area contributed by atoms with Crippen LogP contribution in [0.25, 0.3) is 5.65 Å². The fraction of sp³-hybridized carbons (Fsp3) is 0.267. The maximum absolute atomic E-state index is 10.4. The van der Waals surface area contributed by atoms with Gasteiger partial charge in [-0.2, -0.15) is 0 Å². The van der Waals surface area contributed by atoms with E-state index in [2.05, 4.69) is 10.3 Å². The second kappa shape index (κ2) is 5.36. The number of rotatable bonds is 5. The Hall–Kier alpha value is -1.69. The minimum atomic E-state index is -0.840. The Morgan fingerprint density at radius 1 is 1.35 bits per heavy atom. The third-order valence-electron chi connectivity index (χ3n) is 3.24. The van der Waals surface area contributed by atoms with Crippen molar-refractivity contribution >= 4 is 17.0 Å². The molecule has 1 atom stereocenters. The van der Waals surface area contributed by atoms with Crippen LogP contribution in [0.3, 0.4) is 0 Å². The van der Waals surface area contributed by atoms with E-state index in [1.165, 1.54) is 0 Å². The molecule has 0 spiro atoms. The third-order valence-corrected chi connectivity index (χ3v) is 4.36. The van der Waals surface area contributed by atoms with E-state index in [1.807, 2.05) is 59.4 Å². The molecule has 1 unspecified atom stereocenters. The number of aliphatic hydroxyl groups is 1. The first-order valence-electron chi connectivity index (χ1n) is 6.55. The second-order valence-corrected chi connectivity index (χ2v) is 6.00. The van der Waals surface area contributed by atoms with Gasteiger partial charge in [-0.1, -0.05) is 12.1 Å². The summed E-state index contributed by atoms with van der Waals surface area (Å²) in [6.45, 7) is 2.97. The maximum Gasteiger partial charge on any atom is 0.137 e. The number of fused-ring (bicyclic) bond motifs is 1. The Balaban J connectivity index is 1.62. The Bertz CT molecular complexity index is 655. The lowest BCUT2D eigenvalue weighted by atomic mass is 10.1. The summed E-state index contributed by atoms with van der Waals surface area (Å²) in [5, 5.41) is 15.7. The number of nitrogens with zero attached hydrogens (tertiary/aromatic N) is 2. The van der Waals surface area contributed by atoms with Crippen LogP contribution < -0.4 is 5.32 Å². The molecule has 0 saturated heterocycles. The van der Waals surface area contributed by atoms with E-state index in [1.54, 1.807) is 11.3 Å². The molecule has 2 N–H and O–H groups in total. The molecule has 0 bridgehead atoms. The molecule has 20 heavy (non-hydrogen) atoms. The van der Waals surface area contributed by atoms with E-state index in [4.69, 9.17) is 0 Å². The van der Waals surface area contributed by atoms with Gasteiger partial charge >= 0.3 is 0 Å². The van der Waals surface area contributed by atoms with Crippen LogP contribution in [-0.4, -0.2) is 21.0 Å². The zero-order valence-electron chi connectivity index (χ0n) is 11.3. The largest absolute Gasteiger partial charge is 0.383 e. The molecule has 4 nitrogen and oxygen atoms in total. The molecule has 3 heterocycles. The van der Waals surface area contributed by atoms with E-state index >= 15 is 0 Å². The maximum atomic E-state index is 10.4. The quantitative estimate of drug-likeness (QED) is 0.757. The molecule has 5 heteroatoms. The number of aromatic nitrogens is 2. The van der Waals surface area contributed by atoms with E-state index in [9.17, 15) is 5.11 Å². The number of pyridine rings is 1. The van der Waals surface area contributed by atoms with Crippen molar-refractivity contribution in [3.8, 4) is 0 Å². The monoisotopic (exact) mass is 287 g/mol. The van der Waals surface area contributed by atoms with Gasteiger partial charge < -0.3 is 14.8 Å². The molecule has 0 radical (unpaired) electrons. The van der Waals surface area contributed by atoms with Gasteiger partial charge in [0.1, 0.15) is 11.2 Å². The smallest absolute Gasteiger partial charge is 0.137 e. The standard InChI is InChI=1S/C15H17N3OS/c1-15(19,13-5-4-8-20-13)11-16-9-12-10-18-7-3-2-6-14(18)17-12/h2-8,10,16,19H,9,11H2,1H3. The van der Waals surface area contributed by atoms with Crippen molar-refractivity contribution in [2.45, 2.75) is 19.1 Å². The summed E-state index contributed by atoms with van der Waals surface area (Å²) in [6.07, 6.45) is 3.98.